The number of aromatic nitrogens is 4. The van der Waals surface area contributed by atoms with Crippen molar-refractivity contribution in [2.75, 3.05) is 43.1 Å². The van der Waals surface area contributed by atoms with E-state index in [0.717, 1.165) is 4.90 Å². The van der Waals surface area contributed by atoms with Gasteiger partial charge in [0.1, 0.15) is 35.8 Å². The Bertz CT molecular complexity index is 1890. The third-order valence-electron chi connectivity index (χ3n) is 8.15. The van der Waals surface area contributed by atoms with Gasteiger partial charge in [0, 0.05) is 43.9 Å². The Kier molecular flexibility index (Phi) is 11.8. The predicted octanol–water partition coefficient (Wildman–Crippen LogP) is -1.86. The third-order valence-corrected chi connectivity index (χ3v) is 10.6. The average molecular weight is 776 g/mol. The molecule has 0 aliphatic carbocycles. The van der Waals surface area contributed by atoms with Gasteiger partial charge in [0.15, 0.2) is 0 Å². The molecule has 24 heteroatoms. The minimum atomic E-state index is -1.62. The number of aliphatic carboxylic acids is 2. The van der Waals surface area contributed by atoms with E-state index in [4.69, 9.17) is 15.6 Å². The number of hydrogen-bond acceptors (Lipinski definition) is 15. The van der Waals surface area contributed by atoms with Crippen LogP contribution in [0.5, 0.6) is 0 Å². The van der Waals surface area contributed by atoms with E-state index in [1.54, 1.807) is 14.0 Å². The average Bonchev–Trinajstić information content (AvgIpc) is 3.55. The highest BCUT2D eigenvalue weighted by molar-refractivity contribution is 8.01. The number of nitrogens with two attached hydrogens (primary N) is 1. The third kappa shape index (κ3) is 8.33. The van der Waals surface area contributed by atoms with Crippen molar-refractivity contribution < 1.29 is 53.3 Å². The number of rotatable bonds is 13. The molecular weight excluding hydrogens is 743 g/mol. The molecule has 2 saturated heterocycles. The number of carboxylic acid groups (broad SMARTS) is 2. The second kappa shape index (κ2) is 16.3. The SMILES string of the molecule is CCN1CCN(C(=O)N[C@@H](C(=O)N[C@@H]2C(=O)N3C(C(=O)O)=C(CSc4nnnn4C)CS[C@H]23)c2cccc(NC(=O)OC[C@@H](N)C(=O)O)c2)C(=O)C1=O. The van der Waals surface area contributed by atoms with Crippen molar-refractivity contribution in [3.8, 4) is 0 Å². The molecule has 2 fully saturated rings. The smallest absolute Gasteiger partial charge is 0.411 e. The topological polar surface area (TPSA) is 302 Å². The largest absolute Gasteiger partial charge is 0.480 e. The summed E-state index contributed by atoms with van der Waals surface area (Å²) in [6, 6.07) is 0.0624. The number of carbonyl (C=O) groups is 8. The lowest BCUT2D eigenvalue weighted by atomic mass is 10.0. The molecule has 5 rings (SSSR count). The first-order valence-corrected chi connectivity index (χ1v) is 17.7. The fourth-order valence-corrected chi connectivity index (χ4v) is 7.72. The van der Waals surface area contributed by atoms with E-state index in [1.165, 1.54) is 57.4 Å². The molecule has 1 aromatic heterocycles. The van der Waals surface area contributed by atoms with Crippen LogP contribution in [0.4, 0.5) is 15.3 Å². The Labute approximate surface area is 307 Å². The van der Waals surface area contributed by atoms with Crippen molar-refractivity contribution >= 4 is 76.9 Å². The lowest BCUT2D eigenvalue weighted by Crippen LogP contribution is -2.71. The normalized spacial score (nSPS) is 19.5. The molecule has 0 saturated carbocycles. The minimum absolute atomic E-state index is 0.0405. The Morgan fingerprint density at radius 2 is 1.89 bits per heavy atom. The molecule has 282 valence electrons. The van der Waals surface area contributed by atoms with Gasteiger partial charge in [-0.25, -0.2) is 19.1 Å². The van der Waals surface area contributed by atoms with Gasteiger partial charge in [0.05, 0.1) is 0 Å². The number of urea groups is 1. The molecule has 7 N–H and O–H groups in total. The van der Waals surface area contributed by atoms with Crippen molar-refractivity contribution in [2.24, 2.45) is 12.8 Å². The number of hydrogen-bond donors (Lipinski definition) is 6. The lowest BCUT2D eigenvalue weighted by molar-refractivity contribution is -0.153. The number of carboxylic acids is 2. The number of anilines is 1. The van der Waals surface area contributed by atoms with Crippen LogP contribution in [0.25, 0.3) is 0 Å². The number of amides is 7. The van der Waals surface area contributed by atoms with Crippen molar-refractivity contribution in [3.63, 3.8) is 0 Å². The number of piperazine rings is 1. The molecule has 3 aliphatic heterocycles. The molecule has 3 aliphatic rings. The number of likely N-dealkylation sites (N-methyl/N-ethyl adjacent to an activating group) is 1. The van der Waals surface area contributed by atoms with E-state index in [9.17, 15) is 43.5 Å². The van der Waals surface area contributed by atoms with E-state index in [0.29, 0.717) is 15.6 Å². The van der Waals surface area contributed by atoms with Crippen molar-refractivity contribution in [3.05, 3.63) is 41.1 Å². The van der Waals surface area contributed by atoms with Crippen LogP contribution in [-0.2, 0) is 40.6 Å². The van der Waals surface area contributed by atoms with E-state index < -0.39 is 77.8 Å². The molecule has 53 heavy (non-hydrogen) atoms. The lowest BCUT2D eigenvalue weighted by Gasteiger charge is -2.49. The molecule has 1 aromatic carbocycles. The maximum Gasteiger partial charge on any atom is 0.411 e. The van der Waals surface area contributed by atoms with Gasteiger partial charge in [-0.1, -0.05) is 23.9 Å². The zero-order chi connectivity index (χ0) is 38.6. The molecule has 4 atom stereocenters. The van der Waals surface area contributed by atoms with Crippen LogP contribution >= 0.6 is 23.5 Å². The first-order valence-electron chi connectivity index (χ1n) is 15.7. The summed E-state index contributed by atoms with van der Waals surface area (Å²) in [7, 11) is 1.62. The number of benzene rings is 1. The maximum absolute atomic E-state index is 13.9. The monoisotopic (exact) mass is 775 g/mol. The van der Waals surface area contributed by atoms with Crippen LogP contribution in [0.1, 0.15) is 18.5 Å². The van der Waals surface area contributed by atoms with Gasteiger partial charge in [-0.2, -0.15) is 0 Å². The van der Waals surface area contributed by atoms with Crippen LogP contribution in [-0.4, -0.2) is 148 Å². The standard InChI is InChI=1S/C29H33N11O11S2/c1-3-38-7-8-39(23(44)22(38)43)27(49)33-17(13-5-4-6-15(9-13)31-29(50)51-10-16(30)25(45)46)20(41)32-18-21(42)40-19(26(47)48)14(11-52-24(18)40)12-53-28-34-35-36-37(28)2/h4-6,9,16-18,24H,3,7-8,10-12,30H2,1-2H3,(H,31,50)(H,32,41)(H,33,49)(H,45,46)(H,47,48)/t16-,17-,18-,24-/m1/s1. The number of fused-ring (bicyclic) bond motifs is 1. The van der Waals surface area contributed by atoms with Gasteiger partial charge in [0.2, 0.25) is 11.1 Å². The van der Waals surface area contributed by atoms with Crippen LogP contribution < -0.4 is 21.7 Å². The first-order chi connectivity index (χ1) is 25.2. The Morgan fingerprint density at radius 3 is 2.55 bits per heavy atom. The van der Waals surface area contributed by atoms with E-state index in [1.807, 2.05) is 0 Å². The number of thioether (sulfide) groups is 2. The Hall–Kier alpha value is -5.75. The van der Waals surface area contributed by atoms with Crippen LogP contribution in [0, 0.1) is 0 Å². The molecule has 0 bridgehead atoms. The summed E-state index contributed by atoms with van der Waals surface area (Å²) >= 11 is 2.39. The number of imide groups is 1. The summed E-state index contributed by atoms with van der Waals surface area (Å²) in [5.74, 6) is -6.07. The number of nitrogens with zero attached hydrogens (tertiary/aromatic N) is 7. The molecule has 2 aromatic rings. The maximum atomic E-state index is 13.9. The highest BCUT2D eigenvalue weighted by atomic mass is 32.2. The second-order valence-electron chi connectivity index (χ2n) is 11.5. The van der Waals surface area contributed by atoms with Gasteiger partial charge in [-0.05, 0) is 40.6 Å². The number of β-lactam (4-membered cyclic amide) rings is 1. The summed E-state index contributed by atoms with van der Waals surface area (Å²) in [5.41, 5.74) is 5.65. The van der Waals surface area contributed by atoms with E-state index in [2.05, 4.69) is 31.5 Å². The quantitative estimate of drug-likeness (QED) is 0.0739. The van der Waals surface area contributed by atoms with Gasteiger partial charge in [-0.3, -0.25) is 39.1 Å². The summed E-state index contributed by atoms with van der Waals surface area (Å²) in [6.07, 6.45) is -1.08. The number of nitrogens with one attached hydrogen (secondary N) is 3. The van der Waals surface area contributed by atoms with Crippen molar-refractivity contribution in [1.29, 1.82) is 0 Å². The van der Waals surface area contributed by atoms with Gasteiger partial charge >= 0.3 is 35.9 Å². The Morgan fingerprint density at radius 1 is 1.13 bits per heavy atom. The van der Waals surface area contributed by atoms with Crippen molar-refractivity contribution in [2.45, 2.75) is 35.6 Å². The van der Waals surface area contributed by atoms with Crippen LogP contribution in [0.3, 0.4) is 0 Å². The first kappa shape index (κ1) is 38.5. The molecule has 7 amide bonds. The van der Waals surface area contributed by atoms with E-state index >= 15 is 0 Å². The van der Waals surface area contributed by atoms with Crippen LogP contribution in [0.2, 0.25) is 0 Å². The summed E-state index contributed by atoms with van der Waals surface area (Å²) < 4.78 is 6.23. The second-order valence-corrected chi connectivity index (χ2v) is 13.6. The highest BCUT2D eigenvalue weighted by Crippen LogP contribution is 2.41. The summed E-state index contributed by atoms with van der Waals surface area (Å²) in [4.78, 5) is 105. The summed E-state index contributed by atoms with van der Waals surface area (Å²) in [6.45, 7) is 1.14. The van der Waals surface area contributed by atoms with Gasteiger partial charge in [-0.15, -0.1) is 16.9 Å². The zero-order valence-electron chi connectivity index (χ0n) is 28.0. The molecule has 4 heterocycles. The summed E-state index contributed by atoms with van der Waals surface area (Å²) in [5, 5.41) is 37.1. The van der Waals surface area contributed by atoms with Crippen molar-refractivity contribution in [1.82, 2.24) is 45.5 Å². The van der Waals surface area contributed by atoms with Gasteiger partial charge < -0.3 is 36.2 Å². The molecule has 0 radical (unpaired) electrons. The number of tetrazole rings is 1. The molecule has 22 nitrogen and oxygen atoms in total. The predicted molar refractivity (Wildman–Crippen MR) is 181 cm³/mol. The molecule has 0 unspecified atom stereocenters. The molecule has 0 spiro atoms. The number of carbonyl (C=O) groups excluding carboxylic acids is 6. The fourth-order valence-electron chi connectivity index (χ4n) is 5.38. The van der Waals surface area contributed by atoms with Crippen LogP contribution in [0.15, 0.2) is 40.7 Å². The Balaban J connectivity index is 1.35. The zero-order valence-corrected chi connectivity index (χ0v) is 29.6. The fraction of sp³-hybridized carbons (Fsp3) is 0.414. The molecular formula is C29H33N11O11S2. The highest BCUT2D eigenvalue weighted by Gasteiger charge is 2.54. The number of aryl methyl sites for hydroxylation is 1. The number of ether oxygens (including phenoxy) is 1. The van der Waals surface area contributed by atoms with E-state index in [-0.39, 0.29) is 48.1 Å². The van der Waals surface area contributed by atoms with Gasteiger partial charge in [0.25, 0.3) is 5.91 Å². The minimum Gasteiger partial charge on any atom is -0.480 e.